The molecule has 2 aromatic heterocycles. The Balaban J connectivity index is 1.68. The zero-order valence-electron chi connectivity index (χ0n) is 13.0. The van der Waals surface area contributed by atoms with Crippen molar-refractivity contribution in [3.63, 3.8) is 0 Å². The minimum atomic E-state index is -0.252. The Hall–Kier alpha value is -2.67. The Morgan fingerprint density at radius 2 is 2.00 bits per heavy atom. The third-order valence-corrected chi connectivity index (χ3v) is 4.00. The number of hydrogen-bond acceptors (Lipinski definition) is 7. The molecule has 1 aromatic carbocycles. The molecule has 0 unspecified atom stereocenters. The Morgan fingerprint density at radius 1 is 1.17 bits per heavy atom. The summed E-state index contributed by atoms with van der Waals surface area (Å²) >= 11 is 1.32. The number of hydrogen-bond donors (Lipinski definition) is 0. The van der Waals surface area contributed by atoms with Crippen molar-refractivity contribution in [2.24, 2.45) is 0 Å². The van der Waals surface area contributed by atoms with Gasteiger partial charge in [-0.2, -0.15) is 4.98 Å². The summed E-state index contributed by atoms with van der Waals surface area (Å²) in [6, 6.07) is 13.3. The lowest BCUT2D eigenvalue weighted by molar-refractivity contribution is -0.139. The zero-order valence-corrected chi connectivity index (χ0v) is 13.8. The second-order valence-corrected chi connectivity index (χ2v) is 5.76. The fraction of sp³-hybridized carbons (Fsp3) is 0.176. The number of thioether (sulfide) groups is 1. The molecule has 122 valence electrons. The Labute approximate surface area is 143 Å². The predicted octanol–water partition coefficient (Wildman–Crippen LogP) is 3.45. The van der Waals surface area contributed by atoms with Crippen LogP contribution in [0.3, 0.4) is 0 Å². The fourth-order valence-corrected chi connectivity index (χ4v) is 2.61. The lowest BCUT2D eigenvalue weighted by Gasteiger charge is -2.01. The van der Waals surface area contributed by atoms with Crippen LogP contribution in [0, 0.1) is 0 Å². The van der Waals surface area contributed by atoms with E-state index in [1.165, 1.54) is 11.8 Å². The fourth-order valence-electron chi connectivity index (χ4n) is 1.97. The number of benzene rings is 1. The van der Waals surface area contributed by atoms with E-state index in [0.29, 0.717) is 18.3 Å². The number of aromatic nitrogens is 3. The van der Waals surface area contributed by atoms with Gasteiger partial charge >= 0.3 is 5.97 Å². The number of nitrogens with zero attached hydrogens (tertiary/aromatic N) is 3. The maximum Gasteiger partial charge on any atom is 0.316 e. The van der Waals surface area contributed by atoms with E-state index < -0.39 is 0 Å². The average Bonchev–Trinajstić information content (AvgIpc) is 3.12. The van der Waals surface area contributed by atoms with Crippen molar-refractivity contribution in [2.75, 3.05) is 12.4 Å². The summed E-state index contributed by atoms with van der Waals surface area (Å²) in [5.41, 5.74) is 1.62. The third kappa shape index (κ3) is 3.99. The number of rotatable bonds is 6. The number of esters is 1. The van der Waals surface area contributed by atoms with Crippen molar-refractivity contribution in [2.45, 2.75) is 11.9 Å². The van der Waals surface area contributed by atoms with Crippen LogP contribution in [0.5, 0.6) is 0 Å². The van der Waals surface area contributed by atoms with Crippen molar-refractivity contribution in [3.05, 3.63) is 48.7 Å². The molecule has 0 aliphatic heterocycles. The van der Waals surface area contributed by atoms with Crippen molar-refractivity contribution >= 4 is 17.7 Å². The van der Waals surface area contributed by atoms with E-state index in [4.69, 9.17) is 9.26 Å². The lowest BCUT2D eigenvalue weighted by atomic mass is 10.2. The average molecular weight is 341 g/mol. The van der Waals surface area contributed by atoms with E-state index >= 15 is 0 Å². The highest BCUT2D eigenvalue weighted by atomic mass is 32.2. The van der Waals surface area contributed by atoms with E-state index in [1.807, 2.05) is 42.5 Å². The highest BCUT2D eigenvalue weighted by Gasteiger charge is 2.11. The summed E-state index contributed by atoms with van der Waals surface area (Å²) in [6.45, 7) is 2.16. The van der Waals surface area contributed by atoms with Crippen LogP contribution in [0.15, 0.2) is 58.2 Å². The van der Waals surface area contributed by atoms with E-state index in [9.17, 15) is 4.79 Å². The summed E-state index contributed by atoms with van der Waals surface area (Å²) in [4.78, 5) is 20.0. The van der Waals surface area contributed by atoms with Gasteiger partial charge in [0, 0.05) is 11.8 Å². The lowest BCUT2D eigenvalue weighted by Crippen LogP contribution is -2.06. The molecule has 0 spiro atoms. The standard InChI is InChI=1S/C17H15N3O3S/c1-2-22-15(21)11-24-14-9-8-13(10-18-14)17-19-16(20-23-17)12-6-4-3-5-7-12/h3-10H,2,11H2,1H3. The molecule has 0 amide bonds. The number of pyridine rings is 1. The Bertz CT molecular complexity index is 803. The van der Waals surface area contributed by atoms with Gasteiger partial charge in [-0.3, -0.25) is 4.79 Å². The van der Waals surface area contributed by atoms with E-state index in [-0.39, 0.29) is 11.7 Å². The van der Waals surface area contributed by atoms with Gasteiger partial charge in [-0.1, -0.05) is 47.3 Å². The summed E-state index contributed by atoms with van der Waals surface area (Å²) in [6.07, 6.45) is 1.65. The molecule has 2 heterocycles. The molecule has 0 saturated heterocycles. The molecule has 0 N–H and O–H groups in total. The molecule has 0 atom stereocenters. The second kappa shape index (κ2) is 7.74. The largest absolute Gasteiger partial charge is 0.465 e. The SMILES string of the molecule is CCOC(=O)CSc1ccc(-c2nc(-c3ccccc3)no2)cn1. The molecule has 3 rings (SSSR count). The van der Waals surface area contributed by atoms with Crippen LogP contribution in [-0.4, -0.2) is 33.5 Å². The molecule has 0 radical (unpaired) electrons. The van der Waals surface area contributed by atoms with Gasteiger partial charge < -0.3 is 9.26 Å². The molecule has 0 aliphatic carbocycles. The maximum absolute atomic E-state index is 11.3. The summed E-state index contributed by atoms with van der Waals surface area (Å²) in [5.74, 6) is 0.922. The highest BCUT2D eigenvalue weighted by molar-refractivity contribution is 7.99. The van der Waals surface area contributed by atoms with Gasteiger partial charge in [0.2, 0.25) is 5.82 Å². The third-order valence-electron chi connectivity index (χ3n) is 3.08. The van der Waals surface area contributed by atoms with E-state index in [1.54, 1.807) is 13.1 Å². The van der Waals surface area contributed by atoms with Crippen LogP contribution in [0.4, 0.5) is 0 Å². The topological polar surface area (TPSA) is 78.1 Å². The first kappa shape index (κ1) is 16.2. The molecule has 0 saturated carbocycles. The Kier molecular flexibility index (Phi) is 5.22. The minimum absolute atomic E-state index is 0.235. The summed E-state index contributed by atoms with van der Waals surface area (Å²) in [7, 11) is 0. The van der Waals surface area contributed by atoms with Crippen LogP contribution in [-0.2, 0) is 9.53 Å². The molecule has 7 heteroatoms. The quantitative estimate of drug-likeness (QED) is 0.502. The molecule has 0 bridgehead atoms. The number of carbonyl (C=O) groups is 1. The van der Waals surface area contributed by atoms with Gasteiger partial charge in [-0.05, 0) is 19.1 Å². The van der Waals surface area contributed by atoms with Gasteiger partial charge in [-0.15, -0.1) is 0 Å². The highest BCUT2D eigenvalue weighted by Crippen LogP contribution is 2.23. The molecule has 3 aromatic rings. The zero-order chi connectivity index (χ0) is 16.8. The van der Waals surface area contributed by atoms with Crippen molar-refractivity contribution in [1.82, 2.24) is 15.1 Å². The van der Waals surface area contributed by atoms with Crippen LogP contribution < -0.4 is 0 Å². The molecular weight excluding hydrogens is 326 g/mol. The van der Waals surface area contributed by atoms with Gasteiger partial charge in [0.05, 0.1) is 22.9 Å². The monoisotopic (exact) mass is 341 g/mol. The van der Waals surface area contributed by atoms with E-state index in [2.05, 4.69) is 15.1 Å². The van der Waals surface area contributed by atoms with Crippen LogP contribution in [0.2, 0.25) is 0 Å². The summed E-state index contributed by atoms with van der Waals surface area (Å²) in [5, 5.41) is 4.72. The van der Waals surface area contributed by atoms with Crippen LogP contribution >= 0.6 is 11.8 Å². The normalized spacial score (nSPS) is 10.5. The van der Waals surface area contributed by atoms with Crippen molar-refractivity contribution < 1.29 is 14.1 Å². The summed E-state index contributed by atoms with van der Waals surface area (Å²) < 4.78 is 10.2. The number of carbonyl (C=O) groups excluding carboxylic acids is 1. The molecule has 0 aliphatic rings. The minimum Gasteiger partial charge on any atom is -0.465 e. The van der Waals surface area contributed by atoms with Crippen molar-refractivity contribution in [3.8, 4) is 22.8 Å². The van der Waals surface area contributed by atoms with Crippen LogP contribution in [0.1, 0.15) is 6.92 Å². The van der Waals surface area contributed by atoms with E-state index in [0.717, 1.165) is 16.2 Å². The van der Waals surface area contributed by atoms with Gasteiger partial charge in [0.1, 0.15) is 0 Å². The van der Waals surface area contributed by atoms with Gasteiger partial charge in [0.15, 0.2) is 0 Å². The molecular formula is C17H15N3O3S. The van der Waals surface area contributed by atoms with Crippen molar-refractivity contribution in [1.29, 1.82) is 0 Å². The second-order valence-electron chi connectivity index (χ2n) is 4.77. The van der Waals surface area contributed by atoms with Crippen LogP contribution in [0.25, 0.3) is 22.8 Å². The molecule has 24 heavy (non-hydrogen) atoms. The molecule has 6 nitrogen and oxygen atoms in total. The van der Waals surface area contributed by atoms with Gasteiger partial charge in [-0.25, -0.2) is 4.98 Å². The Morgan fingerprint density at radius 3 is 2.71 bits per heavy atom. The first-order valence-corrected chi connectivity index (χ1v) is 8.39. The smallest absolute Gasteiger partial charge is 0.316 e. The first-order chi connectivity index (χ1) is 11.8. The molecule has 0 fully saturated rings. The van der Waals surface area contributed by atoms with Gasteiger partial charge in [0.25, 0.3) is 5.89 Å². The predicted molar refractivity (Wildman–Crippen MR) is 90.3 cm³/mol. The number of ether oxygens (including phenoxy) is 1. The maximum atomic E-state index is 11.3. The first-order valence-electron chi connectivity index (χ1n) is 7.40.